The van der Waals surface area contributed by atoms with E-state index in [0.717, 1.165) is 21.9 Å². The lowest BCUT2D eigenvalue weighted by molar-refractivity contribution is -0.140. The van der Waals surface area contributed by atoms with Gasteiger partial charge in [0.15, 0.2) is 0 Å². The molecule has 0 spiro atoms. The Bertz CT molecular complexity index is 1500. The molecule has 0 unspecified atom stereocenters. The summed E-state index contributed by atoms with van der Waals surface area (Å²) in [7, 11) is -1.16. The van der Waals surface area contributed by atoms with Gasteiger partial charge in [-0.15, -0.1) is 0 Å². The SMILES string of the molecule is CC[C@@H](C)NC(=O)[C@@H](CC)N(Cc1ccc(OC)cc1)C(=O)CN(c1ccc(C)cc1)S(=O)(=O)c1ccc(OC)c(Br)c1. The molecule has 2 atom stereocenters. The van der Waals surface area contributed by atoms with Gasteiger partial charge in [-0.25, -0.2) is 8.42 Å². The molecule has 232 valence electrons. The number of sulfonamides is 1. The maximum absolute atomic E-state index is 14.2. The van der Waals surface area contributed by atoms with Crippen molar-refractivity contribution in [2.75, 3.05) is 25.1 Å². The van der Waals surface area contributed by atoms with E-state index >= 15 is 0 Å². The number of ether oxygens (including phenoxy) is 2. The minimum absolute atomic E-state index is 0.0168. The number of rotatable bonds is 14. The molecule has 3 aromatic rings. The summed E-state index contributed by atoms with van der Waals surface area (Å²) in [6.45, 7) is 7.18. The van der Waals surface area contributed by atoms with E-state index in [1.54, 1.807) is 49.6 Å². The van der Waals surface area contributed by atoms with Crippen LogP contribution in [0, 0.1) is 6.92 Å². The first-order valence-electron chi connectivity index (χ1n) is 14.1. The molecule has 0 aliphatic rings. The van der Waals surface area contributed by atoms with Crippen molar-refractivity contribution in [2.45, 2.75) is 64.1 Å². The van der Waals surface area contributed by atoms with Crippen LogP contribution in [-0.4, -0.2) is 58.0 Å². The van der Waals surface area contributed by atoms with Gasteiger partial charge in [0.1, 0.15) is 24.1 Å². The van der Waals surface area contributed by atoms with E-state index in [4.69, 9.17) is 9.47 Å². The van der Waals surface area contributed by atoms with E-state index in [0.29, 0.717) is 28.1 Å². The highest BCUT2D eigenvalue weighted by Gasteiger charge is 2.34. The second-order valence-corrected chi connectivity index (χ2v) is 13.0. The quantitative estimate of drug-likeness (QED) is 0.236. The molecule has 9 nitrogen and oxygen atoms in total. The standard InChI is InChI=1S/C32H40BrN3O6S/c1-7-23(4)34-32(38)29(8-2)35(20-24-11-15-26(41-5)16-12-24)31(37)21-36(25-13-9-22(3)10-14-25)43(39,40)27-17-18-30(42-6)28(33)19-27/h9-19,23,29H,7-8,20-21H2,1-6H3,(H,34,38)/t23-,29-/m1/s1. The van der Waals surface area contributed by atoms with Gasteiger partial charge in [0, 0.05) is 12.6 Å². The summed E-state index contributed by atoms with van der Waals surface area (Å²) >= 11 is 3.37. The number of amides is 2. The first kappa shape index (κ1) is 33.9. The summed E-state index contributed by atoms with van der Waals surface area (Å²) in [6.07, 6.45) is 1.07. The van der Waals surface area contributed by atoms with Gasteiger partial charge < -0.3 is 19.7 Å². The number of carbonyl (C=O) groups excluding carboxylic acids is 2. The fourth-order valence-electron chi connectivity index (χ4n) is 4.46. The van der Waals surface area contributed by atoms with Crippen LogP contribution in [0.5, 0.6) is 11.5 Å². The van der Waals surface area contributed by atoms with E-state index in [1.807, 2.05) is 39.8 Å². The van der Waals surface area contributed by atoms with Crippen molar-refractivity contribution < 1.29 is 27.5 Å². The lowest BCUT2D eigenvalue weighted by Gasteiger charge is -2.33. The van der Waals surface area contributed by atoms with Crippen LogP contribution in [0.2, 0.25) is 0 Å². The molecule has 1 N–H and O–H groups in total. The van der Waals surface area contributed by atoms with Gasteiger partial charge in [-0.3, -0.25) is 13.9 Å². The average Bonchev–Trinajstić information content (AvgIpc) is 3.00. The number of methoxy groups -OCH3 is 2. The Morgan fingerprint density at radius 3 is 2.12 bits per heavy atom. The maximum Gasteiger partial charge on any atom is 0.264 e. The van der Waals surface area contributed by atoms with Crippen LogP contribution >= 0.6 is 15.9 Å². The van der Waals surface area contributed by atoms with Gasteiger partial charge in [0.25, 0.3) is 10.0 Å². The number of aryl methyl sites for hydroxylation is 1. The van der Waals surface area contributed by atoms with Crippen LogP contribution in [0.3, 0.4) is 0 Å². The van der Waals surface area contributed by atoms with Crippen LogP contribution in [-0.2, 0) is 26.2 Å². The Labute approximate surface area is 263 Å². The van der Waals surface area contributed by atoms with Crippen molar-refractivity contribution in [1.82, 2.24) is 10.2 Å². The number of nitrogens with one attached hydrogen (secondary N) is 1. The summed E-state index contributed by atoms with van der Waals surface area (Å²) in [5, 5.41) is 2.98. The third-order valence-corrected chi connectivity index (χ3v) is 9.60. The Kier molecular flexibility index (Phi) is 12.0. The lowest BCUT2D eigenvalue weighted by Crippen LogP contribution is -2.53. The van der Waals surface area contributed by atoms with Crippen LogP contribution < -0.4 is 19.1 Å². The van der Waals surface area contributed by atoms with E-state index in [2.05, 4.69) is 21.2 Å². The Balaban J connectivity index is 2.07. The Hall–Kier alpha value is -3.57. The third-order valence-electron chi connectivity index (χ3n) is 7.21. The molecule has 3 aromatic carbocycles. The van der Waals surface area contributed by atoms with E-state index in [-0.39, 0.29) is 23.4 Å². The highest BCUT2D eigenvalue weighted by Crippen LogP contribution is 2.31. The molecule has 0 aromatic heterocycles. The number of hydrogen-bond donors (Lipinski definition) is 1. The first-order chi connectivity index (χ1) is 20.4. The summed E-state index contributed by atoms with van der Waals surface area (Å²) in [6, 6.07) is 17.6. The molecule has 0 heterocycles. The second-order valence-electron chi connectivity index (χ2n) is 10.3. The van der Waals surface area contributed by atoms with Crippen molar-refractivity contribution in [3.8, 4) is 11.5 Å². The van der Waals surface area contributed by atoms with Gasteiger partial charge in [-0.1, -0.05) is 43.7 Å². The zero-order valence-electron chi connectivity index (χ0n) is 25.5. The molecule has 0 fully saturated rings. The van der Waals surface area contributed by atoms with Crippen molar-refractivity contribution in [2.24, 2.45) is 0 Å². The molecule has 0 saturated heterocycles. The summed E-state index contributed by atoms with van der Waals surface area (Å²) in [5.41, 5.74) is 2.04. The third kappa shape index (κ3) is 8.51. The average molecular weight is 675 g/mol. The van der Waals surface area contributed by atoms with E-state index in [9.17, 15) is 18.0 Å². The van der Waals surface area contributed by atoms with Gasteiger partial charge in [0.05, 0.1) is 29.3 Å². The van der Waals surface area contributed by atoms with Crippen molar-refractivity contribution >= 4 is 43.5 Å². The molecule has 0 radical (unpaired) electrons. The largest absolute Gasteiger partial charge is 0.497 e. The fraction of sp³-hybridized carbons (Fsp3) is 0.375. The van der Waals surface area contributed by atoms with Gasteiger partial charge in [0.2, 0.25) is 11.8 Å². The van der Waals surface area contributed by atoms with Crippen LogP contribution in [0.25, 0.3) is 0 Å². The number of hydrogen-bond acceptors (Lipinski definition) is 6. The first-order valence-corrected chi connectivity index (χ1v) is 16.3. The highest BCUT2D eigenvalue weighted by molar-refractivity contribution is 9.10. The smallest absolute Gasteiger partial charge is 0.264 e. The van der Waals surface area contributed by atoms with Crippen molar-refractivity contribution in [1.29, 1.82) is 0 Å². The van der Waals surface area contributed by atoms with Gasteiger partial charge in [-0.2, -0.15) is 0 Å². The topological polar surface area (TPSA) is 105 Å². The summed E-state index contributed by atoms with van der Waals surface area (Å²) < 4.78 is 40.3. The molecular formula is C32H40BrN3O6S. The molecule has 43 heavy (non-hydrogen) atoms. The van der Waals surface area contributed by atoms with Gasteiger partial charge in [-0.05, 0) is 90.6 Å². The molecule has 0 aliphatic carbocycles. The molecule has 2 amide bonds. The van der Waals surface area contributed by atoms with Crippen LogP contribution in [0.1, 0.15) is 44.7 Å². The minimum atomic E-state index is -4.22. The van der Waals surface area contributed by atoms with E-state index < -0.39 is 28.5 Å². The van der Waals surface area contributed by atoms with E-state index in [1.165, 1.54) is 24.1 Å². The number of nitrogens with zero attached hydrogens (tertiary/aromatic N) is 2. The number of anilines is 1. The Morgan fingerprint density at radius 1 is 0.930 bits per heavy atom. The molecule has 3 rings (SSSR count). The summed E-state index contributed by atoms with van der Waals surface area (Å²) in [4.78, 5) is 29.1. The minimum Gasteiger partial charge on any atom is -0.497 e. The number of carbonyl (C=O) groups is 2. The van der Waals surface area contributed by atoms with Crippen LogP contribution in [0.4, 0.5) is 5.69 Å². The van der Waals surface area contributed by atoms with Crippen molar-refractivity contribution in [3.05, 3.63) is 82.3 Å². The molecule has 11 heteroatoms. The lowest BCUT2D eigenvalue weighted by atomic mass is 10.1. The Morgan fingerprint density at radius 2 is 1.58 bits per heavy atom. The van der Waals surface area contributed by atoms with Crippen molar-refractivity contribution in [3.63, 3.8) is 0 Å². The van der Waals surface area contributed by atoms with Crippen LogP contribution in [0.15, 0.2) is 76.1 Å². The number of benzene rings is 3. The molecular weight excluding hydrogens is 634 g/mol. The predicted octanol–water partition coefficient (Wildman–Crippen LogP) is 5.69. The molecule has 0 bridgehead atoms. The number of halogens is 1. The molecule has 0 saturated carbocycles. The maximum atomic E-state index is 14.2. The predicted molar refractivity (Wildman–Crippen MR) is 172 cm³/mol. The zero-order chi connectivity index (χ0) is 31.7. The summed E-state index contributed by atoms with van der Waals surface area (Å²) in [5.74, 6) is 0.326. The van der Waals surface area contributed by atoms with Gasteiger partial charge >= 0.3 is 0 Å². The normalized spacial score (nSPS) is 12.6. The molecule has 0 aliphatic heterocycles. The highest BCUT2D eigenvalue weighted by atomic mass is 79.9. The fourth-order valence-corrected chi connectivity index (χ4v) is 6.60. The zero-order valence-corrected chi connectivity index (χ0v) is 27.9. The monoisotopic (exact) mass is 673 g/mol. The second kappa shape index (κ2) is 15.2.